The lowest BCUT2D eigenvalue weighted by atomic mass is 9.44. The Morgan fingerprint density at radius 2 is 1.89 bits per heavy atom. The molecule has 0 radical (unpaired) electrons. The molecule has 1 aromatic rings. The lowest BCUT2D eigenvalue weighted by molar-refractivity contribution is -0.166. The van der Waals surface area contributed by atoms with Crippen LogP contribution in [0.25, 0.3) is 0 Å². The molecule has 1 saturated heterocycles. The molecular weight excluding hydrogens is 464 g/mol. The van der Waals surface area contributed by atoms with Crippen molar-refractivity contribution in [2.45, 2.75) is 101 Å². The normalized spacial score (nSPS) is 46.6. The molecule has 1 aromatic heterocycles. The Hall–Kier alpha value is -2.19. The van der Waals surface area contributed by atoms with E-state index in [0.717, 1.165) is 50.5 Å². The second-order valence-electron chi connectivity index (χ2n) is 12.4. The van der Waals surface area contributed by atoms with E-state index in [4.69, 9.17) is 19.0 Å². The van der Waals surface area contributed by atoms with Crippen molar-refractivity contribution in [1.82, 2.24) is 0 Å². The number of aliphatic carboxylic acids is 1. The maximum absolute atomic E-state index is 12.1. The maximum atomic E-state index is 12.1. The first-order valence-electron chi connectivity index (χ1n) is 13.5. The second-order valence-corrected chi connectivity index (χ2v) is 12.4. The third kappa shape index (κ3) is 3.29. The zero-order chi connectivity index (χ0) is 25.5. The van der Waals surface area contributed by atoms with Gasteiger partial charge in [-0.25, -0.2) is 4.79 Å². The molecule has 2 N–H and O–H groups in total. The molecule has 8 heteroatoms. The predicted octanol–water partition coefficient (Wildman–Crippen LogP) is 3.64. The number of hydrogen-bond donors (Lipinski definition) is 2. The number of aliphatic hydroxyl groups is 1. The highest BCUT2D eigenvalue weighted by molar-refractivity contribution is 5.76. The number of aliphatic hydroxyl groups excluding tert-OH is 1. The number of rotatable bonds is 5. The van der Waals surface area contributed by atoms with E-state index in [9.17, 15) is 19.5 Å². The molecule has 1 spiro atoms. The van der Waals surface area contributed by atoms with E-state index < -0.39 is 18.0 Å². The van der Waals surface area contributed by atoms with Gasteiger partial charge in [-0.3, -0.25) is 9.59 Å². The number of carbonyl (C=O) groups excluding carboxylic acids is 1. The Morgan fingerprint density at radius 1 is 1.08 bits per heavy atom. The number of hydrogen-bond acceptors (Lipinski definition) is 7. The molecule has 196 valence electrons. The Kier molecular flexibility index (Phi) is 5.47. The van der Waals surface area contributed by atoms with Gasteiger partial charge in [0.1, 0.15) is 17.8 Å². The molecule has 0 bridgehead atoms. The standard InChI is InChI=1S/C28H36O8/c1-26-11-9-17(35-22(32)8-6-20(29)30)13-16(26)4-5-19-18(26)10-12-27(2)23(15-3-7-21(31)34-14-15)24(33)25-28(19,27)36-25/h3,7,14,16-19,23-25,33H,4-6,8-13H2,1-2H3,(H,29,30). The van der Waals surface area contributed by atoms with Crippen LogP contribution in [0.3, 0.4) is 0 Å². The summed E-state index contributed by atoms with van der Waals surface area (Å²) in [5, 5.41) is 20.2. The average Bonchev–Trinajstić information content (AvgIpc) is 3.55. The van der Waals surface area contributed by atoms with Gasteiger partial charge in [0.05, 0.1) is 25.2 Å². The van der Waals surface area contributed by atoms with Gasteiger partial charge in [-0.05, 0) is 79.7 Å². The van der Waals surface area contributed by atoms with Gasteiger partial charge in [-0.1, -0.05) is 13.8 Å². The fraction of sp³-hybridized carbons (Fsp3) is 0.750. The van der Waals surface area contributed by atoms with Gasteiger partial charge in [0.2, 0.25) is 0 Å². The molecule has 0 aromatic carbocycles. The lowest BCUT2D eigenvalue weighted by Crippen LogP contribution is -2.58. The van der Waals surface area contributed by atoms with E-state index >= 15 is 0 Å². The molecule has 10 atom stereocenters. The Labute approximate surface area is 210 Å². The maximum Gasteiger partial charge on any atom is 0.335 e. The topological polar surface area (TPSA) is 127 Å². The van der Waals surface area contributed by atoms with Crippen molar-refractivity contribution in [3.8, 4) is 0 Å². The molecule has 4 aliphatic carbocycles. The zero-order valence-electron chi connectivity index (χ0n) is 21.0. The third-order valence-electron chi connectivity index (χ3n) is 11.0. The van der Waals surface area contributed by atoms with E-state index in [0.29, 0.717) is 17.8 Å². The van der Waals surface area contributed by atoms with Crippen LogP contribution in [0.1, 0.15) is 83.1 Å². The first kappa shape index (κ1) is 24.2. The van der Waals surface area contributed by atoms with E-state index in [2.05, 4.69) is 13.8 Å². The minimum Gasteiger partial charge on any atom is -0.481 e. The number of epoxide rings is 1. The van der Waals surface area contributed by atoms with E-state index in [-0.39, 0.29) is 53.0 Å². The molecule has 1 aliphatic heterocycles. The monoisotopic (exact) mass is 500 g/mol. The summed E-state index contributed by atoms with van der Waals surface area (Å²) in [6.07, 6.45) is 7.00. The highest BCUT2D eigenvalue weighted by atomic mass is 16.6. The summed E-state index contributed by atoms with van der Waals surface area (Å²) in [6, 6.07) is 3.24. The summed E-state index contributed by atoms with van der Waals surface area (Å²) in [4.78, 5) is 34.5. The minimum atomic E-state index is -0.984. The quantitative estimate of drug-likeness (QED) is 0.463. The lowest BCUT2D eigenvalue weighted by Gasteiger charge is -2.61. The molecule has 10 unspecified atom stereocenters. The minimum absolute atomic E-state index is 0.0768. The third-order valence-corrected chi connectivity index (χ3v) is 11.0. The van der Waals surface area contributed by atoms with Gasteiger partial charge in [0.25, 0.3) is 0 Å². The van der Waals surface area contributed by atoms with Crippen molar-refractivity contribution in [1.29, 1.82) is 0 Å². The van der Waals surface area contributed by atoms with Gasteiger partial charge < -0.3 is 24.1 Å². The summed E-state index contributed by atoms with van der Waals surface area (Å²) in [7, 11) is 0. The van der Waals surface area contributed by atoms with Crippen LogP contribution in [0.15, 0.2) is 27.6 Å². The van der Waals surface area contributed by atoms with Crippen molar-refractivity contribution in [3.05, 3.63) is 34.4 Å². The summed E-state index contributed by atoms with van der Waals surface area (Å²) in [6.45, 7) is 4.67. The van der Waals surface area contributed by atoms with Crippen molar-refractivity contribution in [2.24, 2.45) is 28.6 Å². The fourth-order valence-electron chi connectivity index (χ4n) is 9.36. The number of ether oxygens (including phenoxy) is 2. The van der Waals surface area contributed by atoms with Crippen molar-refractivity contribution in [3.63, 3.8) is 0 Å². The number of esters is 1. The number of carboxylic acid groups (broad SMARTS) is 1. The molecule has 0 amide bonds. The van der Waals surface area contributed by atoms with E-state index in [1.807, 2.05) is 0 Å². The summed E-state index contributed by atoms with van der Waals surface area (Å²) < 4.78 is 17.3. The van der Waals surface area contributed by atoms with Crippen LogP contribution < -0.4 is 5.63 Å². The van der Waals surface area contributed by atoms with Crippen LogP contribution in [-0.4, -0.2) is 46.1 Å². The van der Waals surface area contributed by atoms with E-state index in [1.54, 1.807) is 6.07 Å². The number of carboxylic acids is 1. The van der Waals surface area contributed by atoms with Crippen LogP contribution in [0.4, 0.5) is 0 Å². The molecular formula is C28H36O8. The first-order valence-corrected chi connectivity index (χ1v) is 13.5. The Morgan fingerprint density at radius 3 is 2.61 bits per heavy atom. The fourth-order valence-corrected chi connectivity index (χ4v) is 9.36. The highest BCUT2D eigenvalue weighted by Crippen LogP contribution is 2.77. The molecule has 4 saturated carbocycles. The van der Waals surface area contributed by atoms with Crippen molar-refractivity contribution < 1.29 is 33.7 Å². The van der Waals surface area contributed by atoms with Crippen molar-refractivity contribution in [2.75, 3.05) is 0 Å². The molecule has 5 aliphatic rings. The summed E-state index contributed by atoms with van der Waals surface area (Å²) >= 11 is 0. The second kappa shape index (κ2) is 8.15. The van der Waals surface area contributed by atoms with Gasteiger partial charge in [0, 0.05) is 17.4 Å². The summed E-state index contributed by atoms with van der Waals surface area (Å²) in [5.74, 6) is -0.211. The number of fused-ring (bicyclic) bond motifs is 3. The van der Waals surface area contributed by atoms with Gasteiger partial charge in [-0.2, -0.15) is 0 Å². The first-order chi connectivity index (χ1) is 17.1. The SMILES string of the molecule is CC12CCC(OC(=O)CCC(=O)O)CC1CCC1C2CCC2(C)C(c3ccc(=O)oc3)C(O)C3OC132. The Balaban J connectivity index is 1.20. The molecule has 2 heterocycles. The van der Waals surface area contributed by atoms with Crippen LogP contribution in [-0.2, 0) is 19.1 Å². The molecule has 5 fully saturated rings. The summed E-state index contributed by atoms with van der Waals surface area (Å²) in [5.41, 5.74) is 0.0545. The highest BCUT2D eigenvalue weighted by Gasteiger charge is 2.83. The molecule has 8 nitrogen and oxygen atoms in total. The number of carbonyl (C=O) groups is 2. The largest absolute Gasteiger partial charge is 0.481 e. The van der Waals surface area contributed by atoms with Crippen LogP contribution in [0.2, 0.25) is 0 Å². The smallest absolute Gasteiger partial charge is 0.335 e. The molecule has 36 heavy (non-hydrogen) atoms. The zero-order valence-corrected chi connectivity index (χ0v) is 21.0. The van der Waals surface area contributed by atoms with Crippen LogP contribution in [0, 0.1) is 28.6 Å². The Bertz CT molecular complexity index is 1110. The predicted molar refractivity (Wildman–Crippen MR) is 127 cm³/mol. The van der Waals surface area contributed by atoms with Crippen LogP contribution in [0.5, 0.6) is 0 Å². The van der Waals surface area contributed by atoms with Crippen LogP contribution >= 0.6 is 0 Å². The molecule has 6 rings (SSSR count). The van der Waals surface area contributed by atoms with Gasteiger partial charge >= 0.3 is 17.6 Å². The van der Waals surface area contributed by atoms with Gasteiger partial charge in [0.15, 0.2) is 0 Å². The van der Waals surface area contributed by atoms with Crippen molar-refractivity contribution >= 4 is 11.9 Å². The van der Waals surface area contributed by atoms with E-state index in [1.165, 1.54) is 12.3 Å². The average molecular weight is 501 g/mol. The van der Waals surface area contributed by atoms with Gasteiger partial charge in [-0.15, -0.1) is 0 Å².